The zero-order valence-electron chi connectivity index (χ0n) is 21.1. The Bertz CT molecular complexity index is 1290. The van der Waals surface area contributed by atoms with E-state index in [0.29, 0.717) is 13.1 Å². The quantitative estimate of drug-likeness (QED) is 0.510. The third-order valence-corrected chi connectivity index (χ3v) is 8.13. The molecule has 0 unspecified atom stereocenters. The molecule has 3 atom stereocenters. The lowest BCUT2D eigenvalue weighted by Crippen LogP contribution is -2.50. The summed E-state index contributed by atoms with van der Waals surface area (Å²) in [6, 6.07) is 20.9. The summed E-state index contributed by atoms with van der Waals surface area (Å²) in [6.45, 7) is 2.22. The van der Waals surface area contributed by atoms with Gasteiger partial charge in [0.05, 0.1) is 33.3 Å². The molecule has 0 spiro atoms. The summed E-state index contributed by atoms with van der Waals surface area (Å²) in [6.07, 6.45) is 2.21. The van der Waals surface area contributed by atoms with E-state index in [1.807, 2.05) is 35.2 Å². The van der Waals surface area contributed by atoms with Crippen LogP contribution in [0.3, 0.4) is 0 Å². The predicted molar refractivity (Wildman–Crippen MR) is 139 cm³/mol. The maximum Gasteiger partial charge on any atom is 0.229 e. The van der Waals surface area contributed by atoms with Gasteiger partial charge in [-0.1, -0.05) is 30.3 Å². The normalized spacial score (nSPS) is 22.2. The number of carbonyl (C=O) groups excluding carboxylic acids is 1. The Labute approximate surface area is 212 Å². The molecule has 6 nitrogen and oxygen atoms in total. The largest absolute Gasteiger partial charge is 0.497 e. The molecule has 6 rings (SSSR count). The minimum absolute atomic E-state index is 0.0143. The van der Waals surface area contributed by atoms with Gasteiger partial charge in [-0.3, -0.25) is 4.79 Å². The number of fused-ring (bicyclic) bond motifs is 2. The number of amides is 1. The molecule has 1 amide bonds. The van der Waals surface area contributed by atoms with Crippen LogP contribution in [0.25, 0.3) is 0 Å². The number of methoxy groups -OCH3 is 3. The molecule has 3 aromatic rings. The number of hydrogen-bond acceptors (Lipinski definition) is 5. The predicted octanol–water partition coefficient (Wildman–Crippen LogP) is 4.64. The van der Waals surface area contributed by atoms with Gasteiger partial charge < -0.3 is 24.0 Å². The van der Waals surface area contributed by atoms with E-state index in [1.165, 1.54) is 22.4 Å². The Hall–Kier alpha value is -3.67. The fourth-order valence-electron chi connectivity index (χ4n) is 6.48. The van der Waals surface area contributed by atoms with E-state index in [0.717, 1.165) is 42.2 Å². The average Bonchev–Trinajstić information content (AvgIpc) is 3.25. The number of hydrogen-bond donors (Lipinski definition) is 0. The van der Waals surface area contributed by atoms with Crippen molar-refractivity contribution in [3.05, 3.63) is 82.9 Å². The van der Waals surface area contributed by atoms with E-state index < -0.39 is 0 Å². The Morgan fingerprint density at radius 3 is 2.44 bits per heavy atom. The van der Waals surface area contributed by atoms with Crippen LogP contribution in [0, 0.1) is 5.92 Å². The van der Waals surface area contributed by atoms with E-state index in [9.17, 15) is 4.79 Å². The molecule has 36 heavy (non-hydrogen) atoms. The third kappa shape index (κ3) is 3.58. The van der Waals surface area contributed by atoms with Crippen molar-refractivity contribution in [1.29, 1.82) is 0 Å². The van der Waals surface area contributed by atoms with Crippen LogP contribution < -0.4 is 19.1 Å². The van der Waals surface area contributed by atoms with Crippen molar-refractivity contribution >= 4 is 11.6 Å². The summed E-state index contributed by atoms with van der Waals surface area (Å²) in [4.78, 5) is 18.7. The summed E-state index contributed by atoms with van der Waals surface area (Å²) in [5.74, 6) is 2.40. The molecule has 1 fully saturated rings. The number of carbonyl (C=O) groups is 1. The number of aryl methyl sites for hydroxylation is 1. The first kappa shape index (κ1) is 22.8. The molecule has 1 saturated heterocycles. The van der Waals surface area contributed by atoms with Crippen molar-refractivity contribution < 1.29 is 19.0 Å². The smallest absolute Gasteiger partial charge is 0.229 e. The molecule has 0 aliphatic carbocycles. The minimum atomic E-state index is -0.136. The second-order valence-electron chi connectivity index (χ2n) is 9.89. The molecule has 0 radical (unpaired) electrons. The molecule has 0 saturated carbocycles. The van der Waals surface area contributed by atoms with Crippen molar-refractivity contribution in [1.82, 2.24) is 4.90 Å². The number of likely N-dealkylation sites (tertiary alicyclic amines) is 1. The second-order valence-corrected chi connectivity index (χ2v) is 9.89. The lowest BCUT2D eigenvalue weighted by Gasteiger charge is -2.46. The van der Waals surface area contributed by atoms with Gasteiger partial charge in [0.25, 0.3) is 0 Å². The maximum absolute atomic E-state index is 14.2. The topological polar surface area (TPSA) is 51.2 Å². The molecule has 3 aromatic carbocycles. The zero-order chi connectivity index (χ0) is 24.8. The first-order valence-corrected chi connectivity index (χ1v) is 12.6. The number of rotatable bonds is 6. The molecule has 6 heteroatoms. The molecule has 3 aliphatic rings. The molecular formula is C30H32N2O4. The van der Waals surface area contributed by atoms with Crippen molar-refractivity contribution in [3.63, 3.8) is 0 Å². The molecule has 0 N–H and O–H groups in total. The molecular weight excluding hydrogens is 452 g/mol. The standard InChI is InChI=1S/C30H32N2O4/c1-34-22-12-9-19(10-13-22)27-24-8-4-6-20-7-5-15-32(29(20)24)25-18-31(30(33)28(25)27)17-21-11-14-23(35-2)16-26(21)36-3/h4,6,8-14,16,25,27-28H,5,7,15,17-18H2,1-3H3/t25-,27-,28-/m1/s1. The molecule has 3 aliphatic heterocycles. The van der Waals surface area contributed by atoms with E-state index in [-0.39, 0.29) is 23.8 Å². The van der Waals surface area contributed by atoms with Crippen LogP contribution in [0.15, 0.2) is 60.7 Å². The highest BCUT2D eigenvalue weighted by Gasteiger charge is 2.52. The maximum atomic E-state index is 14.2. The number of benzene rings is 3. The first-order valence-electron chi connectivity index (χ1n) is 12.6. The zero-order valence-corrected chi connectivity index (χ0v) is 21.1. The van der Waals surface area contributed by atoms with Crippen molar-refractivity contribution in [2.24, 2.45) is 5.92 Å². The van der Waals surface area contributed by atoms with Gasteiger partial charge in [0.2, 0.25) is 5.91 Å². The van der Waals surface area contributed by atoms with Gasteiger partial charge in [-0.15, -0.1) is 0 Å². The van der Waals surface area contributed by atoms with Crippen LogP contribution in [-0.4, -0.2) is 51.3 Å². The van der Waals surface area contributed by atoms with Crippen LogP contribution in [0.5, 0.6) is 17.2 Å². The Morgan fingerprint density at radius 2 is 1.69 bits per heavy atom. The van der Waals surface area contributed by atoms with Crippen LogP contribution in [0.4, 0.5) is 5.69 Å². The summed E-state index contributed by atoms with van der Waals surface area (Å²) in [5.41, 5.74) is 6.18. The number of para-hydroxylation sites is 1. The summed E-state index contributed by atoms with van der Waals surface area (Å²) in [7, 11) is 4.99. The van der Waals surface area contributed by atoms with Crippen LogP contribution >= 0.6 is 0 Å². The van der Waals surface area contributed by atoms with Gasteiger partial charge in [0, 0.05) is 42.9 Å². The van der Waals surface area contributed by atoms with Gasteiger partial charge in [0.1, 0.15) is 17.2 Å². The Kier molecular flexibility index (Phi) is 5.75. The number of nitrogens with zero attached hydrogens (tertiary/aromatic N) is 2. The summed E-state index contributed by atoms with van der Waals surface area (Å²) >= 11 is 0. The van der Waals surface area contributed by atoms with Gasteiger partial charge in [-0.2, -0.15) is 0 Å². The van der Waals surface area contributed by atoms with Gasteiger partial charge in [-0.25, -0.2) is 0 Å². The van der Waals surface area contributed by atoms with Crippen LogP contribution in [0.2, 0.25) is 0 Å². The van der Waals surface area contributed by atoms with E-state index >= 15 is 0 Å². The van der Waals surface area contributed by atoms with Crippen molar-refractivity contribution in [2.45, 2.75) is 31.3 Å². The summed E-state index contributed by atoms with van der Waals surface area (Å²) in [5, 5.41) is 0. The molecule has 3 heterocycles. The van der Waals surface area contributed by atoms with Crippen molar-refractivity contribution in [2.75, 3.05) is 39.3 Å². The highest BCUT2D eigenvalue weighted by molar-refractivity contribution is 5.87. The number of anilines is 1. The highest BCUT2D eigenvalue weighted by Crippen LogP contribution is 2.51. The van der Waals surface area contributed by atoms with E-state index in [2.05, 4.69) is 35.2 Å². The van der Waals surface area contributed by atoms with Gasteiger partial charge in [-0.05, 0) is 53.8 Å². The molecule has 186 valence electrons. The monoisotopic (exact) mass is 484 g/mol. The van der Waals surface area contributed by atoms with E-state index in [1.54, 1.807) is 21.3 Å². The van der Waals surface area contributed by atoms with Gasteiger partial charge >= 0.3 is 0 Å². The second kappa shape index (κ2) is 9.08. The molecule has 0 bridgehead atoms. The van der Waals surface area contributed by atoms with Gasteiger partial charge in [0.15, 0.2) is 0 Å². The number of ether oxygens (including phenoxy) is 3. The highest BCUT2D eigenvalue weighted by atomic mass is 16.5. The fraction of sp³-hybridized carbons (Fsp3) is 0.367. The average molecular weight is 485 g/mol. The van der Waals surface area contributed by atoms with Crippen molar-refractivity contribution in [3.8, 4) is 17.2 Å². The van der Waals surface area contributed by atoms with E-state index in [4.69, 9.17) is 14.2 Å². The SMILES string of the molecule is COc1ccc([C@@H]2c3cccc4c3N(CCC4)[C@@H]3CN(Cc4ccc(OC)cc4OC)C(=O)[C@@H]23)cc1. The van der Waals surface area contributed by atoms with Crippen LogP contribution in [0.1, 0.15) is 34.6 Å². The third-order valence-electron chi connectivity index (χ3n) is 8.13. The Balaban J connectivity index is 1.41. The lowest BCUT2D eigenvalue weighted by atomic mass is 9.72. The lowest BCUT2D eigenvalue weighted by molar-refractivity contribution is -0.132. The molecule has 0 aromatic heterocycles. The summed E-state index contributed by atoms with van der Waals surface area (Å²) < 4.78 is 16.4. The van der Waals surface area contributed by atoms with Crippen LogP contribution in [-0.2, 0) is 17.8 Å². The minimum Gasteiger partial charge on any atom is -0.497 e. The Morgan fingerprint density at radius 1 is 0.917 bits per heavy atom. The fourth-order valence-corrected chi connectivity index (χ4v) is 6.48. The first-order chi connectivity index (χ1) is 17.6.